The number of alkyl halides is 3. The van der Waals surface area contributed by atoms with Gasteiger partial charge in [0.15, 0.2) is 0 Å². The lowest BCUT2D eigenvalue weighted by atomic mass is 10.2. The molecule has 0 bridgehead atoms. The molecule has 1 rings (SSSR count). The molecule has 1 amide bonds. The lowest BCUT2D eigenvalue weighted by Gasteiger charge is -2.28. The van der Waals surface area contributed by atoms with Crippen molar-refractivity contribution in [3.8, 4) is 0 Å². The molecule has 0 aliphatic carbocycles. The van der Waals surface area contributed by atoms with Gasteiger partial charge in [0.1, 0.15) is 16.5 Å². The number of anilines is 1. The third-order valence-electron chi connectivity index (χ3n) is 2.65. The number of nitrogens with two attached hydrogens (primary N) is 2. The highest BCUT2D eigenvalue weighted by molar-refractivity contribution is 7.80. The molecule has 1 aromatic heterocycles. The number of rotatable bonds is 5. The van der Waals surface area contributed by atoms with Gasteiger partial charge in [-0.15, -0.1) is 0 Å². The largest absolute Gasteiger partial charge is 0.433 e. The van der Waals surface area contributed by atoms with Crippen molar-refractivity contribution in [1.82, 2.24) is 4.98 Å². The van der Waals surface area contributed by atoms with Crippen molar-refractivity contribution in [2.45, 2.75) is 26.1 Å². The molecule has 21 heavy (non-hydrogen) atoms. The van der Waals surface area contributed by atoms with E-state index in [9.17, 15) is 18.0 Å². The third-order valence-corrected chi connectivity index (χ3v) is 2.87. The van der Waals surface area contributed by atoms with Crippen LogP contribution in [0.3, 0.4) is 0 Å². The van der Waals surface area contributed by atoms with Crippen molar-refractivity contribution >= 4 is 28.9 Å². The molecule has 0 radical (unpaired) electrons. The standard InChI is InChI=1S/C12H15F3N4OS/c1-6(2)19(5-9(16)20)11-7(10(17)21)3-4-8(18-11)12(13,14)15/h3-4,6H,5H2,1-2H3,(H2,16,20)(H2,17,21). The minimum atomic E-state index is -4.61. The van der Waals surface area contributed by atoms with Crippen LogP contribution in [0.15, 0.2) is 12.1 Å². The van der Waals surface area contributed by atoms with E-state index in [1.165, 1.54) is 4.90 Å². The third kappa shape index (κ3) is 4.28. The van der Waals surface area contributed by atoms with E-state index >= 15 is 0 Å². The Labute approximate surface area is 125 Å². The highest BCUT2D eigenvalue weighted by Gasteiger charge is 2.34. The summed E-state index contributed by atoms with van der Waals surface area (Å²) < 4.78 is 38.4. The van der Waals surface area contributed by atoms with Crippen LogP contribution in [0.25, 0.3) is 0 Å². The summed E-state index contributed by atoms with van der Waals surface area (Å²) in [6.45, 7) is 3.09. The Morgan fingerprint density at radius 2 is 1.95 bits per heavy atom. The van der Waals surface area contributed by atoms with Gasteiger partial charge in [0.2, 0.25) is 5.91 Å². The summed E-state index contributed by atoms with van der Waals surface area (Å²) in [4.78, 5) is 15.9. The Bertz CT molecular complexity index is 560. The van der Waals surface area contributed by atoms with Crippen LogP contribution in [-0.4, -0.2) is 28.5 Å². The molecule has 0 spiro atoms. The Morgan fingerprint density at radius 1 is 1.38 bits per heavy atom. The number of pyridine rings is 1. The van der Waals surface area contributed by atoms with Gasteiger partial charge in [-0.1, -0.05) is 12.2 Å². The van der Waals surface area contributed by atoms with Gasteiger partial charge in [0.25, 0.3) is 0 Å². The van der Waals surface area contributed by atoms with Crippen molar-refractivity contribution in [2.75, 3.05) is 11.4 Å². The van der Waals surface area contributed by atoms with Gasteiger partial charge in [-0.25, -0.2) is 4.98 Å². The monoisotopic (exact) mass is 320 g/mol. The molecule has 0 saturated heterocycles. The fourth-order valence-electron chi connectivity index (χ4n) is 1.69. The van der Waals surface area contributed by atoms with Crippen molar-refractivity contribution in [3.63, 3.8) is 0 Å². The molecule has 0 aliphatic heterocycles. The van der Waals surface area contributed by atoms with Crippen molar-refractivity contribution in [3.05, 3.63) is 23.4 Å². The summed E-state index contributed by atoms with van der Waals surface area (Å²) in [7, 11) is 0. The highest BCUT2D eigenvalue weighted by Crippen LogP contribution is 2.31. The molecule has 1 heterocycles. The quantitative estimate of drug-likeness (QED) is 0.802. The number of nitrogens with zero attached hydrogens (tertiary/aromatic N) is 2. The predicted octanol–water partition coefficient (Wildman–Crippen LogP) is 1.43. The molecule has 1 aromatic rings. The van der Waals surface area contributed by atoms with E-state index in [1.807, 2.05) is 0 Å². The van der Waals surface area contributed by atoms with E-state index in [1.54, 1.807) is 13.8 Å². The average molecular weight is 320 g/mol. The summed E-state index contributed by atoms with van der Waals surface area (Å²) in [5.74, 6) is -0.803. The van der Waals surface area contributed by atoms with Gasteiger partial charge < -0.3 is 16.4 Å². The number of amides is 1. The Hall–Kier alpha value is -1.90. The van der Waals surface area contributed by atoms with Crippen LogP contribution >= 0.6 is 12.2 Å². The molecule has 0 fully saturated rings. The van der Waals surface area contributed by atoms with Gasteiger partial charge in [-0.2, -0.15) is 13.2 Å². The van der Waals surface area contributed by atoms with Crippen LogP contribution in [0.1, 0.15) is 25.1 Å². The fraction of sp³-hybridized carbons (Fsp3) is 0.417. The maximum Gasteiger partial charge on any atom is 0.433 e. The summed E-state index contributed by atoms with van der Waals surface area (Å²) >= 11 is 4.82. The summed E-state index contributed by atoms with van der Waals surface area (Å²) in [6.07, 6.45) is -4.61. The topological polar surface area (TPSA) is 85.2 Å². The average Bonchev–Trinajstić information content (AvgIpc) is 2.33. The molecule has 0 aromatic carbocycles. The number of hydrogen-bond donors (Lipinski definition) is 2. The summed E-state index contributed by atoms with van der Waals surface area (Å²) in [5.41, 5.74) is 9.70. The second-order valence-electron chi connectivity index (χ2n) is 4.62. The van der Waals surface area contributed by atoms with Crippen LogP contribution < -0.4 is 16.4 Å². The number of thiocarbonyl (C=S) groups is 1. The molecule has 0 saturated carbocycles. The predicted molar refractivity (Wildman–Crippen MR) is 76.8 cm³/mol. The number of aromatic nitrogens is 1. The maximum atomic E-state index is 12.8. The van der Waals surface area contributed by atoms with Crippen LogP contribution in [-0.2, 0) is 11.0 Å². The lowest BCUT2D eigenvalue weighted by molar-refractivity contribution is -0.141. The zero-order valence-electron chi connectivity index (χ0n) is 11.4. The summed E-state index contributed by atoms with van der Waals surface area (Å²) in [6, 6.07) is 1.62. The van der Waals surface area contributed by atoms with Crippen LogP contribution in [0.5, 0.6) is 0 Å². The summed E-state index contributed by atoms with van der Waals surface area (Å²) in [5, 5.41) is 0. The van der Waals surface area contributed by atoms with E-state index in [0.717, 1.165) is 12.1 Å². The molecular formula is C12H15F3N4OS. The molecular weight excluding hydrogens is 305 g/mol. The van der Waals surface area contributed by atoms with Crippen LogP contribution in [0.2, 0.25) is 0 Å². The number of primary amides is 1. The first-order valence-corrected chi connectivity index (χ1v) is 6.37. The number of halogens is 3. The zero-order valence-corrected chi connectivity index (χ0v) is 12.3. The van der Waals surface area contributed by atoms with Crippen LogP contribution in [0, 0.1) is 0 Å². The molecule has 9 heteroatoms. The first kappa shape index (κ1) is 17.2. The van der Waals surface area contributed by atoms with Crippen LogP contribution in [0.4, 0.5) is 19.0 Å². The maximum absolute atomic E-state index is 12.8. The number of carbonyl (C=O) groups is 1. The highest BCUT2D eigenvalue weighted by atomic mass is 32.1. The second-order valence-corrected chi connectivity index (χ2v) is 5.06. The van der Waals surface area contributed by atoms with Gasteiger partial charge >= 0.3 is 6.18 Å². The lowest BCUT2D eigenvalue weighted by Crippen LogP contribution is -2.40. The van der Waals surface area contributed by atoms with E-state index in [2.05, 4.69) is 4.98 Å². The van der Waals surface area contributed by atoms with Crippen molar-refractivity contribution < 1.29 is 18.0 Å². The first-order chi connectivity index (χ1) is 9.54. The normalized spacial score (nSPS) is 11.5. The Morgan fingerprint density at radius 3 is 2.33 bits per heavy atom. The Kier molecular flexibility index (Phi) is 5.10. The molecule has 116 valence electrons. The Balaban J connectivity index is 3.46. The van der Waals surface area contributed by atoms with E-state index in [-0.39, 0.29) is 29.0 Å². The first-order valence-electron chi connectivity index (χ1n) is 5.97. The van der Waals surface area contributed by atoms with E-state index in [0.29, 0.717) is 0 Å². The minimum Gasteiger partial charge on any atom is -0.389 e. The molecule has 4 N–H and O–H groups in total. The van der Waals surface area contributed by atoms with Gasteiger partial charge in [0, 0.05) is 6.04 Å². The van der Waals surface area contributed by atoms with Crippen molar-refractivity contribution in [2.24, 2.45) is 11.5 Å². The number of carbonyl (C=O) groups excluding carboxylic acids is 1. The van der Waals surface area contributed by atoms with Gasteiger partial charge in [0.05, 0.1) is 12.1 Å². The minimum absolute atomic E-state index is 0.105. The molecule has 0 atom stereocenters. The van der Waals surface area contributed by atoms with Gasteiger partial charge in [-0.05, 0) is 26.0 Å². The van der Waals surface area contributed by atoms with E-state index < -0.39 is 17.8 Å². The fourth-order valence-corrected chi connectivity index (χ4v) is 1.85. The molecule has 0 aliphatic rings. The molecule has 5 nitrogen and oxygen atoms in total. The second kappa shape index (κ2) is 6.25. The van der Waals surface area contributed by atoms with E-state index in [4.69, 9.17) is 23.7 Å². The zero-order chi connectivity index (χ0) is 16.4. The van der Waals surface area contributed by atoms with Crippen molar-refractivity contribution in [1.29, 1.82) is 0 Å². The molecule has 0 unspecified atom stereocenters. The SMILES string of the molecule is CC(C)N(CC(N)=O)c1nc(C(F)(F)F)ccc1C(N)=S. The number of hydrogen-bond acceptors (Lipinski definition) is 4. The smallest absolute Gasteiger partial charge is 0.389 e. The van der Waals surface area contributed by atoms with Gasteiger partial charge in [-0.3, -0.25) is 4.79 Å².